The molecule has 56 heavy (non-hydrogen) atoms. The van der Waals surface area contributed by atoms with Crippen LogP contribution < -0.4 is 9.47 Å². The lowest BCUT2D eigenvalue weighted by Crippen LogP contribution is -2.68. The van der Waals surface area contributed by atoms with Crippen LogP contribution in [0.3, 0.4) is 0 Å². The van der Waals surface area contributed by atoms with Gasteiger partial charge in [-0.15, -0.1) is 0 Å². The number of alkyl halides is 2. The maximum Gasteiger partial charge on any atom is 0.294 e. The molecule has 0 aliphatic heterocycles. The summed E-state index contributed by atoms with van der Waals surface area (Å²) in [6.07, 6.45) is -5.15. The molecule has 6 aromatic carbocycles. The molecule has 0 bridgehead atoms. The Morgan fingerprint density at radius 3 is 1.23 bits per heavy atom. The molecular weight excluding hydrogens is 711 g/mol. The maximum absolute atomic E-state index is 17.6. The van der Waals surface area contributed by atoms with Crippen LogP contribution in [0.25, 0.3) is 0 Å². The largest absolute Gasteiger partial charge is 0.489 e. The lowest BCUT2D eigenvalue weighted by Gasteiger charge is -2.50. The van der Waals surface area contributed by atoms with E-state index >= 15 is 8.78 Å². The van der Waals surface area contributed by atoms with Crippen LogP contribution in [0.15, 0.2) is 176 Å². The van der Waals surface area contributed by atoms with Crippen LogP contribution in [-0.2, 0) is 52.0 Å². The van der Waals surface area contributed by atoms with Crippen molar-refractivity contribution < 1.29 is 37.2 Å². The molecule has 0 spiro atoms. The van der Waals surface area contributed by atoms with Crippen molar-refractivity contribution in [1.82, 2.24) is 0 Å². The van der Waals surface area contributed by atoms with Crippen molar-refractivity contribution in [3.05, 3.63) is 204 Å². The molecule has 0 saturated heterocycles. The van der Waals surface area contributed by atoms with E-state index in [1.807, 2.05) is 152 Å². The summed E-state index contributed by atoms with van der Waals surface area (Å²) < 4.78 is 73.3. The lowest BCUT2D eigenvalue weighted by atomic mass is 9.77. The lowest BCUT2D eigenvalue weighted by molar-refractivity contribution is -0.298. The van der Waals surface area contributed by atoms with Gasteiger partial charge in [0.15, 0.2) is 6.10 Å². The highest BCUT2D eigenvalue weighted by atomic mass is 19.3. The van der Waals surface area contributed by atoms with E-state index in [-0.39, 0.29) is 38.8 Å². The average Bonchev–Trinajstić information content (AvgIpc) is 3.25. The van der Waals surface area contributed by atoms with E-state index in [2.05, 4.69) is 0 Å². The van der Waals surface area contributed by atoms with Crippen molar-refractivity contribution in [2.24, 2.45) is 5.92 Å². The SMILES string of the molecule is FC1(F)[C@H](COCc2ccccc2)[C@@H](OCc2ccccc2)[C@H](OCc2ccccc2)[C@@H](OCc2ccccc2)[C@H]1Oc1ccc(OCc2ccccc2)cc1. The highest BCUT2D eigenvalue weighted by Crippen LogP contribution is 2.46. The molecule has 5 atom stereocenters. The average molecular weight is 757 g/mol. The number of hydrogen-bond acceptors (Lipinski definition) is 6. The van der Waals surface area contributed by atoms with Gasteiger partial charge in [0.1, 0.15) is 30.3 Å². The first kappa shape index (κ1) is 38.9. The van der Waals surface area contributed by atoms with Crippen molar-refractivity contribution >= 4 is 0 Å². The van der Waals surface area contributed by atoms with Gasteiger partial charge in [0.25, 0.3) is 5.92 Å². The van der Waals surface area contributed by atoms with Gasteiger partial charge in [-0.2, -0.15) is 0 Å². The van der Waals surface area contributed by atoms with Crippen LogP contribution in [-0.4, -0.2) is 36.9 Å². The number of benzene rings is 6. The molecule has 1 aliphatic rings. The number of rotatable bonds is 18. The predicted molar refractivity (Wildman–Crippen MR) is 211 cm³/mol. The third-order valence-corrected chi connectivity index (χ3v) is 9.82. The highest BCUT2D eigenvalue weighted by Gasteiger charge is 2.64. The molecule has 1 aliphatic carbocycles. The Morgan fingerprint density at radius 1 is 0.393 bits per heavy atom. The van der Waals surface area contributed by atoms with Gasteiger partial charge in [0.2, 0.25) is 0 Å². The number of halogens is 2. The second-order valence-electron chi connectivity index (χ2n) is 13.8. The molecule has 0 heterocycles. The summed E-state index contributed by atoms with van der Waals surface area (Å²) in [6.45, 7) is 0.489. The Morgan fingerprint density at radius 2 is 0.768 bits per heavy atom. The molecule has 288 valence electrons. The zero-order valence-corrected chi connectivity index (χ0v) is 31.1. The highest BCUT2D eigenvalue weighted by molar-refractivity contribution is 5.32. The van der Waals surface area contributed by atoms with Gasteiger partial charge in [-0.3, -0.25) is 0 Å². The van der Waals surface area contributed by atoms with Crippen molar-refractivity contribution in [3.63, 3.8) is 0 Å². The second kappa shape index (κ2) is 19.5. The second-order valence-corrected chi connectivity index (χ2v) is 13.8. The first-order valence-corrected chi connectivity index (χ1v) is 18.9. The summed E-state index contributed by atoms with van der Waals surface area (Å²) in [5.74, 6) is -4.15. The normalized spacial score (nSPS) is 20.3. The predicted octanol–water partition coefficient (Wildman–Crippen LogP) is 10.3. The van der Waals surface area contributed by atoms with Crippen LogP contribution in [0.4, 0.5) is 8.78 Å². The van der Waals surface area contributed by atoms with Crippen molar-refractivity contribution in [2.75, 3.05) is 6.61 Å². The molecule has 0 amide bonds. The molecule has 1 saturated carbocycles. The summed E-state index contributed by atoms with van der Waals surface area (Å²) >= 11 is 0. The summed E-state index contributed by atoms with van der Waals surface area (Å²) in [6, 6.07) is 54.6. The zero-order valence-electron chi connectivity index (χ0n) is 31.1. The van der Waals surface area contributed by atoms with Crippen LogP contribution in [0.2, 0.25) is 0 Å². The molecule has 0 N–H and O–H groups in total. The molecule has 1 fully saturated rings. The van der Waals surface area contributed by atoms with Gasteiger partial charge in [0, 0.05) is 0 Å². The first-order chi connectivity index (χ1) is 27.5. The molecule has 0 aromatic heterocycles. The Balaban J connectivity index is 1.22. The minimum absolute atomic E-state index is 0.0550. The quantitative estimate of drug-likeness (QED) is 0.0871. The fourth-order valence-corrected chi connectivity index (χ4v) is 6.85. The summed E-state index contributed by atoms with van der Waals surface area (Å²) in [4.78, 5) is 0. The minimum atomic E-state index is -3.51. The molecule has 7 rings (SSSR count). The van der Waals surface area contributed by atoms with Crippen molar-refractivity contribution in [3.8, 4) is 11.5 Å². The third kappa shape index (κ3) is 10.5. The molecule has 6 aromatic rings. The maximum atomic E-state index is 17.6. The Hall–Kier alpha value is -5.38. The van der Waals surface area contributed by atoms with E-state index in [1.54, 1.807) is 24.3 Å². The van der Waals surface area contributed by atoms with Crippen LogP contribution in [0.1, 0.15) is 27.8 Å². The van der Waals surface area contributed by atoms with Crippen LogP contribution >= 0.6 is 0 Å². The summed E-state index contributed by atoms with van der Waals surface area (Å²) in [5, 5.41) is 0. The summed E-state index contributed by atoms with van der Waals surface area (Å²) in [5.41, 5.74) is 4.44. The molecule has 8 heteroatoms. The van der Waals surface area contributed by atoms with Gasteiger partial charge in [-0.05, 0) is 52.1 Å². The Bertz CT molecular complexity index is 2000. The van der Waals surface area contributed by atoms with Gasteiger partial charge < -0.3 is 28.4 Å². The monoisotopic (exact) mass is 756 g/mol. The van der Waals surface area contributed by atoms with Crippen LogP contribution in [0.5, 0.6) is 11.5 Å². The number of ether oxygens (including phenoxy) is 6. The molecule has 6 nitrogen and oxygen atoms in total. The van der Waals surface area contributed by atoms with Crippen LogP contribution in [0, 0.1) is 5.92 Å². The van der Waals surface area contributed by atoms with Gasteiger partial charge in [-0.1, -0.05) is 152 Å². The Kier molecular flexibility index (Phi) is 13.5. The molecule has 0 unspecified atom stereocenters. The van der Waals surface area contributed by atoms with E-state index < -0.39 is 36.3 Å². The fraction of sp³-hybridized carbons (Fsp3) is 0.250. The van der Waals surface area contributed by atoms with E-state index in [0.717, 1.165) is 27.8 Å². The molecule has 0 radical (unpaired) electrons. The molecular formula is C48H46F2O6. The third-order valence-electron chi connectivity index (χ3n) is 9.82. The van der Waals surface area contributed by atoms with E-state index in [4.69, 9.17) is 28.4 Å². The van der Waals surface area contributed by atoms with Gasteiger partial charge in [-0.25, -0.2) is 8.78 Å². The van der Waals surface area contributed by atoms with Gasteiger partial charge >= 0.3 is 0 Å². The fourth-order valence-electron chi connectivity index (χ4n) is 6.85. The Labute approximate surface area is 327 Å². The van der Waals surface area contributed by atoms with E-state index in [1.165, 1.54) is 0 Å². The first-order valence-electron chi connectivity index (χ1n) is 18.9. The summed E-state index contributed by atoms with van der Waals surface area (Å²) in [7, 11) is 0. The zero-order chi connectivity index (χ0) is 38.4. The standard InChI is InChI=1S/C48H46F2O6/c49-48(50)43(35-51-30-36-16-6-1-7-17-36)44(53-32-38-20-10-3-11-21-38)45(54-33-39-22-12-4-13-23-39)46(55-34-40-24-14-5-15-25-40)47(48)56-42-28-26-41(27-29-42)52-31-37-18-8-2-9-19-37/h1-29,43-47H,30-35H2/t43-,44-,45+,46-,47-/m1/s1. The smallest absolute Gasteiger partial charge is 0.294 e. The van der Waals surface area contributed by atoms with E-state index in [9.17, 15) is 0 Å². The number of hydrogen-bond donors (Lipinski definition) is 0. The van der Waals surface area contributed by atoms with Gasteiger partial charge in [0.05, 0.1) is 45.1 Å². The topological polar surface area (TPSA) is 55.4 Å². The van der Waals surface area contributed by atoms with Crippen molar-refractivity contribution in [1.29, 1.82) is 0 Å². The van der Waals surface area contributed by atoms with E-state index in [0.29, 0.717) is 12.4 Å². The minimum Gasteiger partial charge on any atom is -0.489 e. The van der Waals surface area contributed by atoms with Crippen molar-refractivity contribution in [2.45, 2.75) is 63.4 Å².